The van der Waals surface area contributed by atoms with Gasteiger partial charge in [-0.15, -0.1) is 0 Å². The number of amides is 2. The van der Waals surface area contributed by atoms with E-state index in [1.165, 1.54) is 0 Å². The van der Waals surface area contributed by atoms with Crippen molar-refractivity contribution < 1.29 is 14.3 Å². The molecule has 8 nitrogen and oxygen atoms in total. The van der Waals surface area contributed by atoms with Crippen LogP contribution in [0.15, 0.2) is 48.7 Å². The van der Waals surface area contributed by atoms with Crippen LogP contribution in [0.5, 0.6) is 0 Å². The maximum absolute atomic E-state index is 13.5. The molecule has 2 amide bonds. The number of halogens is 1. The van der Waals surface area contributed by atoms with Crippen molar-refractivity contribution in [2.24, 2.45) is 7.05 Å². The predicted octanol–water partition coefficient (Wildman–Crippen LogP) is 3.45. The molecule has 0 spiro atoms. The lowest BCUT2D eigenvalue weighted by Gasteiger charge is -2.34. The van der Waals surface area contributed by atoms with E-state index in [0.717, 1.165) is 5.69 Å². The van der Waals surface area contributed by atoms with Gasteiger partial charge in [0.2, 0.25) is 0 Å². The Kier molecular flexibility index (Phi) is 5.99. The number of aryl methyl sites for hydroxylation is 1. The van der Waals surface area contributed by atoms with Gasteiger partial charge in [-0.05, 0) is 37.3 Å². The lowest BCUT2D eigenvalue weighted by atomic mass is 10.2. The summed E-state index contributed by atoms with van der Waals surface area (Å²) in [5.74, 6) is -0.156. The van der Waals surface area contributed by atoms with E-state index in [-0.39, 0.29) is 12.0 Å². The average Bonchev–Trinajstić information content (AvgIpc) is 3.40. The fourth-order valence-electron chi connectivity index (χ4n) is 3.66. The van der Waals surface area contributed by atoms with Gasteiger partial charge in [0.05, 0.1) is 23.0 Å². The number of hydrogen-bond acceptors (Lipinski definition) is 4. The van der Waals surface area contributed by atoms with Crippen LogP contribution in [0.1, 0.15) is 17.4 Å². The zero-order valence-electron chi connectivity index (χ0n) is 17.5. The standard InChI is InChI=1S/C22H24ClN5O3/c1-3-31-22(30)27-13-11-26(12-14-27)21(29)20-15-17(19-9-6-10-25(19)2)24-28(20)18-8-5-4-7-16(18)23/h4-10,15H,3,11-14H2,1-2H3. The highest BCUT2D eigenvalue weighted by atomic mass is 35.5. The van der Waals surface area contributed by atoms with Crippen molar-refractivity contribution in [3.8, 4) is 17.1 Å². The number of nitrogens with zero attached hydrogens (tertiary/aromatic N) is 5. The van der Waals surface area contributed by atoms with Crippen molar-refractivity contribution in [1.29, 1.82) is 0 Å². The molecule has 31 heavy (non-hydrogen) atoms. The van der Waals surface area contributed by atoms with E-state index in [2.05, 4.69) is 0 Å². The summed E-state index contributed by atoms with van der Waals surface area (Å²) >= 11 is 6.42. The van der Waals surface area contributed by atoms with Crippen LogP contribution in [0.3, 0.4) is 0 Å². The summed E-state index contributed by atoms with van der Waals surface area (Å²) in [6.07, 6.45) is 1.58. The van der Waals surface area contributed by atoms with Gasteiger partial charge >= 0.3 is 6.09 Å². The molecule has 0 unspecified atom stereocenters. The first-order chi connectivity index (χ1) is 15.0. The van der Waals surface area contributed by atoms with E-state index in [1.54, 1.807) is 33.5 Å². The van der Waals surface area contributed by atoms with Gasteiger partial charge in [0.15, 0.2) is 0 Å². The van der Waals surface area contributed by atoms with E-state index >= 15 is 0 Å². The van der Waals surface area contributed by atoms with Crippen molar-refractivity contribution in [3.05, 3.63) is 59.4 Å². The highest BCUT2D eigenvalue weighted by Gasteiger charge is 2.29. The summed E-state index contributed by atoms with van der Waals surface area (Å²) < 4.78 is 8.61. The molecule has 3 heterocycles. The van der Waals surface area contributed by atoms with Gasteiger partial charge in [0, 0.05) is 39.4 Å². The van der Waals surface area contributed by atoms with Gasteiger partial charge in [-0.1, -0.05) is 23.7 Å². The first-order valence-electron chi connectivity index (χ1n) is 10.2. The molecule has 1 saturated heterocycles. The molecule has 0 radical (unpaired) electrons. The van der Waals surface area contributed by atoms with E-state index < -0.39 is 0 Å². The van der Waals surface area contributed by atoms with Gasteiger partial charge < -0.3 is 19.1 Å². The number of ether oxygens (including phenoxy) is 1. The van der Waals surface area contributed by atoms with Gasteiger partial charge in [-0.3, -0.25) is 4.79 Å². The molecule has 3 aromatic rings. The number of benzene rings is 1. The van der Waals surface area contributed by atoms with Crippen molar-refractivity contribution in [2.75, 3.05) is 32.8 Å². The Morgan fingerprint density at radius 2 is 1.77 bits per heavy atom. The minimum atomic E-state index is -0.346. The molecule has 1 fully saturated rings. The maximum atomic E-state index is 13.5. The second-order valence-electron chi connectivity index (χ2n) is 7.26. The van der Waals surface area contributed by atoms with Gasteiger partial charge in [0.1, 0.15) is 11.4 Å². The Balaban J connectivity index is 1.65. The van der Waals surface area contributed by atoms with Crippen LogP contribution in [0.25, 0.3) is 17.1 Å². The fourth-order valence-corrected chi connectivity index (χ4v) is 3.88. The lowest BCUT2D eigenvalue weighted by molar-refractivity contribution is 0.0563. The van der Waals surface area contributed by atoms with Gasteiger partial charge in [0.25, 0.3) is 5.91 Å². The third-order valence-corrected chi connectivity index (χ3v) is 5.63. The Hall–Kier alpha value is -3.26. The van der Waals surface area contributed by atoms with Crippen LogP contribution in [0, 0.1) is 0 Å². The van der Waals surface area contributed by atoms with Crippen molar-refractivity contribution in [2.45, 2.75) is 6.92 Å². The number of para-hydroxylation sites is 1. The normalized spacial score (nSPS) is 14.0. The summed E-state index contributed by atoms with van der Waals surface area (Å²) in [6, 6.07) is 13.0. The van der Waals surface area contributed by atoms with Gasteiger partial charge in [-0.25, -0.2) is 9.48 Å². The first-order valence-corrected chi connectivity index (χ1v) is 10.5. The summed E-state index contributed by atoms with van der Waals surface area (Å²) in [5, 5.41) is 5.21. The fraction of sp³-hybridized carbons (Fsp3) is 0.318. The molecule has 0 bridgehead atoms. The monoisotopic (exact) mass is 441 g/mol. The predicted molar refractivity (Wildman–Crippen MR) is 117 cm³/mol. The third kappa shape index (κ3) is 4.16. The van der Waals surface area contributed by atoms with E-state index in [0.29, 0.717) is 54.9 Å². The van der Waals surface area contributed by atoms with E-state index in [4.69, 9.17) is 21.4 Å². The van der Waals surface area contributed by atoms with Crippen molar-refractivity contribution >= 4 is 23.6 Å². The van der Waals surface area contributed by atoms with Crippen LogP contribution in [0.4, 0.5) is 4.79 Å². The molecular weight excluding hydrogens is 418 g/mol. The molecule has 1 aliphatic rings. The summed E-state index contributed by atoms with van der Waals surface area (Å²) in [5.41, 5.74) is 2.64. The zero-order valence-corrected chi connectivity index (χ0v) is 18.2. The lowest BCUT2D eigenvalue weighted by Crippen LogP contribution is -2.51. The first kappa shape index (κ1) is 21.0. The zero-order chi connectivity index (χ0) is 22.0. The highest BCUT2D eigenvalue weighted by molar-refractivity contribution is 6.32. The molecule has 1 aromatic carbocycles. The Morgan fingerprint density at radius 1 is 1.06 bits per heavy atom. The second kappa shape index (κ2) is 8.85. The molecular formula is C22H24ClN5O3. The van der Waals surface area contributed by atoms with E-state index in [9.17, 15) is 9.59 Å². The number of hydrogen-bond donors (Lipinski definition) is 0. The number of piperazine rings is 1. The van der Waals surface area contributed by atoms with Crippen LogP contribution < -0.4 is 0 Å². The second-order valence-corrected chi connectivity index (χ2v) is 7.67. The molecule has 1 aliphatic heterocycles. The number of aromatic nitrogens is 3. The topological polar surface area (TPSA) is 72.6 Å². The van der Waals surface area contributed by atoms with Crippen LogP contribution in [0.2, 0.25) is 5.02 Å². The smallest absolute Gasteiger partial charge is 0.409 e. The average molecular weight is 442 g/mol. The minimum Gasteiger partial charge on any atom is -0.450 e. The molecule has 0 N–H and O–H groups in total. The molecule has 0 saturated carbocycles. The van der Waals surface area contributed by atoms with Gasteiger partial charge in [-0.2, -0.15) is 5.10 Å². The SMILES string of the molecule is CCOC(=O)N1CCN(C(=O)c2cc(-c3cccn3C)nn2-c2ccccc2Cl)CC1. The minimum absolute atomic E-state index is 0.156. The number of rotatable bonds is 4. The highest BCUT2D eigenvalue weighted by Crippen LogP contribution is 2.26. The quantitative estimate of drug-likeness (QED) is 0.621. The third-order valence-electron chi connectivity index (χ3n) is 5.31. The molecule has 2 aromatic heterocycles. The maximum Gasteiger partial charge on any atom is 0.409 e. The molecule has 0 atom stereocenters. The van der Waals surface area contributed by atoms with Crippen LogP contribution in [-0.4, -0.2) is 68.9 Å². The summed E-state index contributed by atoms with van der Waals surface area (Å²) in [7, 11) is 1.93. The summed E-state index contributed by atoms with van der Waals surface area (Å²) in [4.78, 5) is 28.8. The number of carbonyl (C=O) groups is 2. The Labute approximate surface area is 185 Å². The Morgan fingerprint density at radius 3 is 2.42 bits per heavy atom. The van der Waals surface area contributed by atoms with Crippen LogP contribution >= 0.6 is 11.6 Å². The largest absolute Gasteiger partial charge is 0.450 e. The molecule has 4 rings (SSSR count). The molecule has 162 valence electrons. The van der Waals surface area contributed by atoms with Crippen LogP contribution in [-0.2, 0) is 11.8 Å². The van der Waals surface area contributed by atoms with E-state index in [1.807, 2.05) is 48.1 Å². The summed E-state index contributed by atoms with van der Waals surface area (Å²) in [6.45, 7) is 3.80. The molecule has 0 aliphatic carbocycles. The Bertz CT molecular complexity index is 1100. The van der Waals surface area contributed by atoms with Crippen molar-refractivity contribution in [3.63, 3.8) is 0 Å². The number of carbonyl (C=O) groups excluding carboxylic acids is 2. The molecule has 9 heteroatoms. The van der Waals surface area contributed by atoms with Crippen molar-refractivity contribution in [1.82, 2.24) is 24.1 Å².